The van der Waals surface area contributed by atoms with Crippen LogP contribution in [-0.4, -0.2) is 31.1 Å². The minimum Gasteiger partial charge on any atom is -0.448 e. The molecular formula is C29H23ClF3N3O4S2. The third-order valence-electron chi connectivity index (χ3n) is 6.31. The SMILES string of the molecule is Cc1ccc(S(=O)(=O)NC(=O)OCCc2ccc([SH]3C(c4ccccn4)=Nc4cc(C(F)(F)F)c(Cl)cc43)cc2)cc1. The first kappa shape index (κ1) is 29.6. The third kappa shape index (κ3) is 6.45. The fourth-order valence-electron chi connectivity index (χ4n) is 4.23. The molecule has 0 saturated carbocycles. The van der Waals surface area contributed by atoms with E-state index in [-0.39, 0.29) is 17.2 Å². The second kappa shape index (κ2) is 11.8. The van der Waals surface area contributed by atoms with E-state index in [0.29, 0.717) is 22.1 Å². The molecule has 1 aromatic heterocycles. The molecule has 1 aliphatic heterocycles. The maximum absolute atomic E-state index is 13.5. The Hall–Kier alpha value is -3.87. The van der Waals surface area contributed by atoms with Gasteiger partial charge in [-0.15, -0.1) is 0 Å². The van der Waals surface area contributed by atoms with E-state index in [1.807, 2.05) is 35.9 Å². The van der Waals surface area contributed by atoms with Gasteiger partial charge in [-0.25, -0.2) is 22.9 Å². The number of hydrogen-bond acceptors (Lipinski definition) is 6. The summed E-state index contributed by atoms with van der Waals surface area (Å²) in [6.07, 6.45) is -3.82. The summed E-state index contributed by atoms with van der Waals surface area (Å²) in [6.45, 7) is 1.73. The number of nitrogens with one attached hydrogen (secondary N) is 1. The van der Waals surface area contributed by atoms with E-state index in [0.717, 1.165) is 22.1 Å². The summed E-state index contributed by atoms with van der Waals surface area (Å²) in [4.78, 5) is 22.4. The first-order chi connectivity index (χ1) is 19.9. The van der Waals surface area contributed by atoms with Crippen LogP contribution in [0, 0.1) is 6.92 Å². The van der Waals surface area contributed by atoms with E-state index >= 15 is 0 Å². The number of alkyl halides is 3. The lowest BCUT2D eigenvalue weighted by Gasteiger charge is -2.21. The van der Waals surface area contributed by atoms with Gasteiger partial charge in [0.05, 0.1) is 33.5 Å². The number of halogens is 4. The summed E-state index contributed by atoms with van der Waals surface area (Å²) in [7, 11) is -5.43. The van der Waals surface area contributed by atoms with Gasteiger partial charge in [0, 0.05) is 17.5 Å². The Bertz CT molecular complexity index is 1770. The first-order valence-corrected chi connectivity index (χ1v) is 15.7. The molecule has 3 aromatic carbocycles. The van der Waals surface area contributed by atoms with Gasteiger partial charge in [-0.05, 0) is 65.9 Å². The van der Waals surface area contributed by atoms with Crippen LogP contribution < -0.4 is 4.72 Å². The average molecular weight is 634 g/mol. The molecular weight excluding hydrogens is 611 g/mol. The molecule has 4 aromatic rings. The summed E-state index contributed by atoms with van der Waals surface area (Å²) < 4.78 is 72.3. The van der Waals surface area contributed by atoms with Gasteiger partial charge in [0.25, 0.3) is 10.0 Å². The van der Waals surface area contributed by atoms with Gasteiger partial charge in [0.2, 0.25) is 0 Å². The molecule has 13 heteroatoms. The van der Waals surface area contributed by atoms with Crippen LogP contribution in [0.15, 0.2) is 105 Å². The number of amides is 1. The fraction of sp³-hybridized carbons (Fsp3) is 0.138. The zero-order chi connectivity index (χ0) is 30.1. The van der Waals surface area contributed by atoms with E-state index in [9.17, 15) is 26.4 Å². The van der Waals surface area contributed by atoms with Crippen LogP contribution in [0.4, 0.5) is 23.7 Å². The lowest BCUT2D eigenvalue weighted by atomic mass is 10.2. The van der Waals surface area contributed by atoms with Crippen molar-refractivity contribution in [2.75, 3.05) is 6.61 Å². The monoisotopic (exact) mass is 633 g/mol. The quantitative estimate of drug-likeness (QED) is 0.209. The topological polar surface area (TPSA) is 97.7 Å². The molecule has 1 unspecified atom stereocenters. The van der Waals surface area contributed by atoms with Crippen LogP contribution in [0.3, 0.4) is 0 Å². The van der Waals surface area contributed by atoms with Gasteiger partial charge in [0.15, 0.2) is 0 Å². The van der Waals surface area contributed by atoms with Crippen molar-refractivity contribution in [1.82, 2.24) is 9.71 Å². The largest absolute Gasteiger partial charge is 0.448 e. The van der Waals surface area contributed by atoms with Gasteiger partial charge < -0.3 is 4.74 Å². The van der Waals surface area contributed by atoms with E-state index in [1.165, 1.54) is 18.2 Å². The Morgan fingerprint density at radius 2 is 1.74 bits per heavy atom. The zero-order valence-corrected chi connectivity index (χ0v) is 24.4. The number of pyridine rings is 1. The molecule has 42 heavy (non-hydrogen) atoms. The Morgan fingerprint density at radius 3 is 2.38 bits per heavy atom. The van der Waals surface area contributed by atoms with Crippen molar-refractivity contribution in [3.8, 4) is 0 Å². The van der Waals surface area contributed by atoms with Crippen molar-refractivity contribution in [2.24, 2.45) is 4.99 Å². The highest BCUT2D eigenvalue weighted by Gasteiger charge is 2.37. The highest BCUT2D eigenvalue weighted by atomic mass is 35.5. The summed E-state index contributed by atoms with van der Waals surface area (Å²) in [5.41, 5.74) is 1.47. The summed E-state index contributed by atoms with van der Waals surface area (Å²) >= 11 is 6.07. The predicted octanol–water partition coefficient (Wildman–Crippen LogP) is 7.23. The Labute approximate surface area is 247 Å². The van der Waals surface area contributed by atoms with Crippen LogP contribution in [0.2, 0.25) is 5.02 Å². The summed E-state index contributed by atoms with van der Waals surface area (Å²) in [5, 5.41) is 0.154. The van der Waals surface area contributed by atoms with Crippen molar-refractivity contribution < 1.29 is 31.1 Å². The number of thiol groups is 1. The Kier molecular flexibility index (Phi) is 8.31. The van der Waals surface area contributed by atoms with Gasteiger partial charge in [-0.2, -0.15) is 24.1 Å². The van der Waals surface area contributed by atoms with Crippen molar-refractivity contribution in [2.45, 2.75) is 34.2 Å². The van der Waals surface area contributed by atoms with E-state index in [1.54, 1.807) is 36.5 Å². The molecule has 7 nitrogen and oxygen atoms in total. The van der Waals surface area contributed by atoms with Gasteiger partial charge >= 0.3 is 12.3 Å². The molecule has 0 radical (unpaired) electrons. The lowest BCUT2D eigenvalue weighted by molar-refractivity contribution is -0.137. The number of benzene rings is 3. The van der Waals surface area contributed by atoms with Crippen molar-refractivity contribution in [3.05, 3.63) is 112 Å². The summed E-state index contributed by atoms with van der Waals surface area (Å²) in [6, 6.07) is 20.9. The minimum absolute atomic E-state index is 0.0550. The number of hydrogen-bond donors (Lipinski definition) is 2. The molecule has 0 saturated heterocycles. The van der Waals surface area contributed by atoms with Crippen molar-refractivity contribution in [3.63, 3.8) is 0 Å². The number of nitrogens with zero attached hydrogens (tertiary/aromatic N) is 2. The minimum atomic E-state index is -4.62. The van der Waals surface area contributed by atoms with E-state index in [4.69, 9.17) is 16.3 Å². The molecule has 1 N–H and O–H groups in total. The average Bonchev–Trinajstić information content (AvgIpc) is 3.31. The normalized spacial score (nSPS) is 15.5. The molecule has 0 bridgehead atoms. The van der Waals surface area contributed by atoms with Crippen LogP contribution in [0.1, 0.15) is 22.4 Å². The number of aliphatic imine (C=N–C) groups is 1. The van der Waals surface area contributed by atoms with Gasteiger partial charge in [-0.1, -0.05) is 47.5 Å². The predicted molar refractivity (Wildman–Crippen MR) is 155 cm³/mol. The highest BCUT2D eigenvalue weighted by molar-refractivity contribution is 8.30. The van der Waals surface area contributed by atoms with Crippen LogP contribution >= 0.6 is 22.5 Å². The van der Waals surface area contributed by atoms with Crippen LogP contribution in [0.25, 0.3) is 0 Å². The van der Waals surface area contributed by atoms with Gasteiger partial charge in [-0.3, -0.25) is 4.98 Å². The smallest absolute Gasteiger partial charge is 0.421 e. The first-order valence-electron chi connectivity index (χ1n) is 12.5. The lowest BCUT2D eigenvalue weighted by Crippen LogP contribution is -2.31. The molecule has 0 spiro atoms. The molecule has 0 fully saturated rings. The second-order valence-electron chi connectivity index (χ2n) is 9.28. The van der Waals surface area contributed by atoms with Crippen LogP contribution in [0.5, 0.6) is 0 Å². The fourth-order valence-corrected chi connectivity index (χ4v) is 7.84. The molecule has 1 aliphatic rings. The Balaban J connectivity index is 1.30. The number of carbonyl (C=O) groups excluding carboxylic acids is 1. The number of sulfonamides is 1. The zero-order valence-electron chi connectivity index (χ0n) is 21.9. The molecule has 2 heterocycles. The number of ether oxygens (including phenoxy) is 1. The number of fused-ring (bicyclic) bond motifs is 1. The van der Waals surface area contributed by atoms with Crippen molar-refractivity contribution in [1.29, 1.82) is 0 Å². The molecule has 218 valence electrons. The van der Waals surface area contributed by atoms with Crippen molar-refractivity contribution >= 4 is 49.3 Å². The highest BCUT2D eigenvalue weighted by Crippen LogP contribution is 2.58. The van der Waals surface area contributed by atoms with E-state index in [2.05, 4.69) is 9.98 Å². The third-order valence-corrected chi connectivity index (χ3v) is 10.4. The number of aryl methyl sites for hydroxylation is 1. The Morgan fingerprint density at radius 1 is 1.02 bits per heavy atom. The standard InChI is InChI=1S/C29H23ClF3N3O4S2/c1-18-5-11-21(12-6-18)42(38,39)36-28(37)40-15-13-19-7-9-20(10-8-19)41-26-17-23(30)22(29(31,32)33)16-25(26)35-27(41)24-4-2-3-14-34-24/h2-12,14,16-17,41H,13,15H2,1H3,(H,36,37). The molecule has 1 atom stereocenters. The maximum Gasteiger partial charge on any atom is 0.421 e. The second-order valence-corrected chi connectivity index (χ2v) is 13.5. The number of rotatable bonds is 7. The molecule has 0 aliphatic carbocycles. The molecule has 1 amide bonds. The summed E-state index contributed by atoms with van der Waals surface area (Å²) in [5.74, 6) is 0. The van der Waals surface area contributed by atoms with Gasteiger partial charge in [0.1, 0.15) is 5.04 Å². The molecule has 5 rings (SSSR count). The van der Waals surface area contributed by atoms with E-state index < -0.39 is 43.8 Å². The number of aromatic nitrogens is 1. The number of carbonyl (C=O) groups is 1. The van der Waals surface area contributed by atoms with Crippen LogP contribution in [-0.2, 0) is 27.4 Å². The maximum atomic E-state index is 13.5.